The average molecular weight is 388 g/mol. The second-order valence-corrected chi connectivity index (χ2v) is 6.72. The maximum Gasteiger partial charge on any atom is 0.310 e. The molecule has 2 N–H and O–H groups in total. The van der Waals surface area contributed by atoms with Crippen LogP contribution in [0.4, 0.5) is 4.39 Å². The van der Waals surface area contributed by atoms with Crippen LogP contribution in [0.3, 0.4) is 0 Å². The van der Waals surface area contributed by atoms with E-state index in [1.807, 2.05) is 30.3 Å². The lowest BCUT2D eigenvalue weighted by molar-refractivity contribution is -0.138. The Morgan fingerprint density at radius 1 is 0.964 bits per heavy atom. The van der Waals surface area contributed by atoms with Crippen molar-refractivity contribution >= 4 is 11.9 Å². The third-order valence-electron chi connectivity index (χ3n) is 4.44. The van der Waals surface area contributed by atoms with Crippen LogP contribution in [0.5, 0.6) is 0 Å². The quantitative estimate of drug-likeness (QED) is 0.508. The number of hydrogen-bond acceptors (Lipinski definition) is 2. The summed E-state index contributed by atoms with van der Waals surface area (Å²) < 4.78 is 14.0. The molecule has 0 aliphatic carbocycles. The van der Waals surface area contributed by atoms with Gasteiger partial charge in [-0.25, -0.2) is 4.39 Å². The highest BCUT2D eigenvalue weighted by Crippen LogP contribution is 2.26. The Morgan fingerprint density at radius 3 is 2.14 bits per heavy atom. The number of rotatable bonds is 9. The van der Waals surface area contributed by atoms with E-state index in [9.17, 15) is 14.0 Å². The van der Waals surface area contributed by atoms with Crippen LogP contribution in [0, 0.1) is 5.82 Å². The molecule has 2 aromatic carbocycles. The molecule has 0 saturated heterocycles. The van der Waals surface area contributed by atoms with Crippen LogP contribution in [0.15, 0.2) is 48.5 Å². The Morgan fingerprint density at radius 2 is 1.61 bits per heavy atom. The summed E-state index contributed by atoms with van der Waals surface area (Å²) in [7, 11) is 0. The van der Waals surface area contributed by atoms with E-state index < -0.39 is 23.7 Å². The second kappa shape index (κ2) is 12.7. The van der Waals surface area contributed by atoms with Gasteiger partial charge in [0.2, 0.25) is 0 Å². The third-order valence-corrected chi connectivity index (χ3v) is 4.44. The maximum absolute atomic E-state index is 14.0. The summed E-state index contributed by atoms with van der Waals surface area (Å²) in [6.45, 7) is 3.69. The maximum atomic E-state index is 14.0. The van der Waals surface area contributed by atoms with Crippen molar-refractivity contribution in [3.63, 3.8) is 0 Å². The molecule has 0 heterocycles. The van der Waals surface area contributed by atoms with E-state index in [2.05, 4.69) is 6.92 Å². The van der Waals surface area contributed by atoms with Crippen molar-refractivity contribution in [2.24, 2.45) is 0 Å². The molecule has 0 aliphatic rings. The molecular formula is C23H29FO4. The molecule has 0 saturated carbocycles. The number of benzene rings is 2. The van der Waals surface area contributed by atoms with E-state index in [0.717, 1.165) is 18.4 Å². The lowest BCUT2D eigenvalue weighted by atomic mass is 9.97. The van der Waals surface area contributed by atoms with E-state index in [4.69, 9.17) is 10.2 Å². The Labute approximate surface area is 166 Å². The van der Waals surface area contributed by atoms with Gasteiger partial charge in [-0.3, -0.25) is 9.59 Å². The summed E-state index contributed by atoms with van der Waals surface area (Å²) in [6.07, 6.45) is 5.88. The fraction of sp³-hybridized carbons (Fsp3) is 0.391. The summed E-state index contributed by atoms with van der Waals surface area (Å²) in [4.78, 5) is 20.9. The largest absolute Gasteiger partial charge is 0.481 e. The molecule has 5 heteroatoms. The van der Waals surface area contributed by atoms with Gasteiger partial charge < -0.3 is 10.2 Å². The van der Waals surface area contributed by atoms with Gasteiger partial charge in [0.05, 0.1) is 5.92 Å². The molecule has 0 aliphatic heterocycles. The van der Waals surface area contributed by atoms with Crippen molar-refractivity contribution in [2.75, 3.05) is 0 Å². The van der Waals surface area contributed by atoms with Gasteiger partial charge >= 0.3 is 11.9 Å². The Balaban J connectivity index is 0.000000336. The summed E-state index contributed by atoms with van der Waals surface area (Å²) in [5.41, 5.74) is 1.74. The predicted octanol–water partition coefficient (Wildman–Crippen LogP) is 6.11. The predicted molar refractivity (Wildman–Crippen MR) is 109 cm³/mol. The van der Waals surface area contributed by atoms with Crippen molar-refractivity contribution in [2.45, 2.75) is 58.3 Å². The number of carboxylic acid groups (broad SMARTS) is 2. The van der Waals surface area contributed by atoms with Crippen molar-refractivity contribution in [1.29, 1.82) is 0 Å². The SMILES string of the molecule is CC(C(=O)O)c1ccc(-c2ccccc2)c(F)c1.CCCCCCCC(=O)O. The monoisotopic (exact) mass is 388 g/mol. The van der Waals surface area contributed by atoms with Crippen LogP contribution in [0.25, 0.3) is 11.1 Å². The van der Waals surface area contributed by atoms with Gasteiger partial charge in [0.1, 0.15) is 5.82 Å². The van der Waals surface area contributed by atoms with Gasteiger partial charge in [0, 0.05) is 12.0 Å². The van der Waals surface area contributed by atoms with Gasteiger partial charge in [-0.15, -0.1) is 0 Å². The third kappa shape index (κ3) is 8.33. The molecular weight excluding hydrogens is 359 g/mol. The minimum Gasteiger partial charge on any atom is -0.481 e. The van der Waals surface area contributed by atoms with Crippen molar-refractivity contribution in [3.05, 3.63) is 59.9 Å². The molecule has 0 spiro atoms. The second-order valence-electron chi connectivity index (χ2n) is 6.72. The molecule has 28 heavy (non-hydrogen) atoms. The van der Waals surface area contributed by atoms with Crippen LogP contribution in [-0.2, 0) is 9.59 Å². The zero-order valence-electron chi connectivity index (χ0n) is 16.5. The Kier molecular flexibility index (Phi) is 10.6. The first kappa shape index (κ1) is 23.3. The highest BCUT2D eigenvalue weighted by atomic mass is 19.1. The fourth-order valence-electron chi connectivity index (χ4n) is 2.67. The van der Waals surface area contributed by atoms with Crippen molar-refractivity contribution < 1.29 is 24.2 Å². The first-order chi connectivity index (χ1) is 13.4. The molecule has 0 radical (unpaired) electrons. The van der Waals surface area contributed by atoms with Crippen LogP contribution in [-0.4, -0.2) is 22.2 Å². The Hall–Kier alpha value is -2.69. The van der Waals surface area contributed by atoms with Crippen LogP contribution in [0.1, 0.15) is 63.9 Å². The summed E-state index contributed by atoms with van der Waals surface area (Å²) >= 11 is 0. The van der Waals surface area contributed by atoms with E-state index in [1.165, 1.54) is 25.3 Å². The molecule has 0 amide bonds. The number of aliphatic carboxylic acids is 2. The van der Waals surface area contributed by atoms with Crippen molar-refractivity contribution in [3.8, 4) is 11.1 Å². The highest BCUT2D eigenvalue weighted by Gasteiger charge is 2.15. The number of unbranched alkanes of at least 4 members (excludes halogenated alkanes) is 4. The topological polar surface area (TPSA) is 74.6 Å². The van der Waals surface area contributed by atoms with E-state index in [-0.39, 0.29) is 0 Å². The molecule has 2 aromatic rings. The number of hydrogen-bond donors (Lipinski definition) is 2. The van der Waals surface area contributed by atoms with Gasteiger partial charge in [0.15, 0.2) is 0 Å². The summed E-state index contributed by atoms with van der Waals surface area (Å²) in [6, 6.07) is 13.7. The zero-order valence-corrected chi connectivity index (χ0v) is 16.5. The molecule has 1 unspecified atom stereocenters. The van der Waals surface area contributed by atoms with E-state index in [1.54, 1.807) is 19.1 Å². The smallest absolute Gasteiger partial charge is 0.310 e. The molecule has 152 valence electrons. The first-order valence-electron chi connectivity index (χ1n) is 9.66. The summed E-state index contributed by atoms with van der Waals surface area (Å²) in [5, 5.41) is 17.2. The van der Waals surface area contributed by atoms with Crippen LogP contribution >= 0.6 is 0 Å². The molecule has 4 nitrogen and oxygen atoms in total. The molecule has 0 fully saturated rings. The number of halogens is 1. The number of carboxylic acids is 2. The molecule has 1 atom stereocenters. The average Bonchev–Trinajstić information content (AvgIpc) is 2.68. The van der Waals surface area contributed by atoms with Crippen LogP contribution in [0.2, 0.25) is 0 Å². The van der Waals surface area contributed by atoms with Gasteiger partial charge in [-0.05, 0) is 30.5 Å². The van der Waals surface area contributed by atoms with Crippen molar-refractivity contribution in [1.82, 2.24) is 0 Å². The lowest BCUT2D eigenvalue weighted by Gasteiger charge is -2.09. The molecule has 2 rings (SSSR count). The van der Waals surface area contributed by atoms with E-state index >= 15 is 0 Å². The Bertz CT molecular complexity index is 744. The summed E-state index contributed by atoms with van der Waals surface area (Å²) in [5.74, 6) is -2.73. The minimum absolute atomic E-state index is 0.337. The number of carbonyl (C=O) groups is 2. The molecule has 0 bridgehead atoms. The first-order valence-corrected chi connectivity index (χ1v) is 9.66. The lowest BCUT2D eigenvalue weighted by Crippen LogP contribution is -2.07. The minimum atomic E-state index is -0.957. The van der Waals surface area contributed by atoms with E-state index in [0.29, 0.717) is 17.5 Å². The van der Waals surface area contributed by atoms with Crippen LogP contribution < -0.4 is 0 Å². The zero-order chi connectivity index (χ0) is 20.9. The molecule has 0 aromatic heterocycles. The van der Waals surface area contributed by atoms with Gasteiger partial charge in [0.25, 0.3) is 0 Å². The fourth-order valence-corrected chi connectivity index (χ4v) is 2.67. The standard InChI is InChI=1S/C15H13FO2.C8H16O2/c1-10(15(17)18)12-7-8-13(14(16)9-12)11-5-3-2-4-6-11;1-2-3-4-5-6-7-8(9)10/h2-10H,1H3,(H,17,18);2-7H2,1H3,(H,9,10). The van der Waals surface area contributed by atoms with Gasteiger partial charge in [-0.2, -0.15) is 0 Å². The normalized spacial score (nSPS) is 11.2. The highest BCUT2D eigenvalue weighted by molar-refractivity contribution is 5.76. The van der Waals surface area contributed by atoms with Gasteiger partial charge in [-0.1, -0.05) is 75.1 Å².